The van der Waals surface area contributed by atoms with Gasteiger partial charge in [-0.05, 0) is 48.2 Å². The summed E-state index contributed by atoms with van der Waals surface area (Å²) < 4.78 is 32.0. The molecule has 0 radical (unpaired) electrons. The van der Waals surface area contributed by atoms with E-state index < -0.39 is 40.0 Å². The Kier molecular flexibility index (Phi) is 5.62. The number of imide groups is 1. The summed E-state index contributed by atoms with van der Waals surface area (Å²) in [5.41, 5.74) is 1.02. The molecule has 1 spiro atoms. The molecule has 11 heteroatoms. The predicted octanol–water partition coefficient (Wildman–Crippen LogP) is 1.04. The number of hydrogen-bond donors (Lipinski definition) is 2. The smallest absolute Gasteiger partial charge is 0.325 e. The zero-order chi connectivity index (χ0) is 23.9. The van der Waals surface area contributed by atoms with Crippen LogP contribution in [0.1, 0.15) is 17.5 Å². The maximum atomic E-state index is 13.2. The van der Waals surface area contributed by atoms with E-state index in [4.69, 9.17) is 4.74 Å². The van der Waals surface area contributed by atoms with Crippen LogP contribution in [0.5, 0.6) is 0 Å². The van der Waals surface area contributed by atoms with Crippen molar-refractivity contribution in [2.24, 2.45) is 0 Å². The molecule has 1 atom stereocenters. The summed E-state index contributed by atoms with van der Waals surface area (Å²) in [5.74, 6) is -1.000. The molecule has 3 aliphatic rings. The van der Waals surface area contributed by atoms with E-state index in [0.717, 1.165) is 16.0 Å². The Bertz CT molecular complexity index is 1260. The molecule has 2 heterocycles. The number of carbonyl (C=O) groups excluding carboxylic acids is 3. The lowest BCUT2D eigenvalue weighted by molar-refractivity contribution is -0.134. The highest BCUT2D eigenvalue weighted by molar-refractivity contribution is 7.89. The number of nitrogens with one attached hydrogen (secondary N) is 2. The Morgan fingerprint density at radius 3 is 2.50 bits per heavy atom. The molecule has 10 nitrogen and oxygen atoms in total. The van der Waals surface area contributed by atoms with Crippen molar-refractivity contribution in [1.82, 2.24) is 14.5 Å². The van der Waals surface area contributed by atoms with Gasteiger partial charge in [0, 0.05) is 18.8 Å². The number of benzene rings is 2. The third-order valence-corrected chi connectivity index (χ3v) is 8.38. The molecule has 0 unspecified atom stereocenters. The highest BCUT2D eigenvalue weighted by Crippen LogP contribution is 2.41. The van der Waals surface area contributed by atoms with Crippen LogP contribution in [-0.2, 0) is 36.3 Å². The number of hydrogen-bond acceptors (Lipinski definition) is 6. The van der Waals surface area contributed by atoms with Gasteiger partial charge in [-0.3, -0.25) is 14.5 Å². The molecule has 0 aromatic heterocycles. The average Bonchev–Trinajstić information content (AvgIpc) is 3.33. The summed E-state index contributed by atoms with van der Waals surface area (Å²) in [5, 5.41) is 5.41. The first kappa shape index (κ1) is 22.5. The molecule has 5 rings (SSSR count). The normalized spacial score (nSPS) is 22.6. The van der Waals surface area contributed by atoms with Crippen LogP contribution < -0.4 is 10.6 Å². The third kappa shape index (κ3) is 3.75. The van der Waals surface area contributed by atoms with Gasteiger partial charge >= 0.3 is 6.03 Å². The van der Waals surface area contributed by atoms with E-state index in [-0.39, 0.29) is 4.90 Å². The van der Waals surface area contributed by atoms with Crippen LogP contribution in [0.2, 0.25) is 0 Å². The Balaban J connectivity index is 1.25. The summed E-state index contributed by atoms with van der Waals surface area (Å²) in [7, 11) is -3.64. The number of fused-ring (bicyclic) bond motifs is 2. The van der Waals surface area contributed by atoms with Crippen LogP contribution >= 0.6 is 0 Å². The van der Waals surface area contributed by atoms with Gasteiger partial charge in [-0.1, -0.05) is 24.3 Å². The van der Waals surface area contributed by atoms with Crippen molar-refractivity contribution < 1.29 is 27.5 Å². The van der Waals surface area contributed by atoms with Crippen LogP contribution in [0.15, 0.2) is 53.4 Å². The first-order chi connectivity index (χ1) is 16.3. The number of amides is 4. The number of sulfonamides is 1. The summed E-state index contributed by atoms with van der Waals surface area (Å²) in [6.07, 6.45) is 1.12. The minimum absolute atomic E-state index is 0.114. The van der Waals surface area contributed by atoms with E-state index >= 15 is 0 Å². The van der Waals surface area contributed by atoms with Crippen LogP contribution in [0.3, 0.4) is 0 Å². The molecule has 2 aliphatic heterocycles. The maximum Gasteiger partial charge on any atom is 0.325 e. The molecule has 0 bridgehead atoms. The standard InChI is InChI=1S/C23H24N4O6S/c28-20(24-17-5-7-18(8-6-17)34(31,32)26-11-13-33-14-12-26)15-27-21(29)23(25-22(27)30)10-9-16-3-1-2-4-19(16)23/h1-8H,9-15H2,(H,24,28)(H,25,30)/t23-/m0/s1. The molecule has 178 valence electrons. The summed E-state index contributed by atoms with van der Waals surface area (Å²) >= 11 is 0. The number of urea groups is 1. The van der Waals surface area contributed by atoms with Crippen LogP contribution in [0, 0.1) is 0 Å². The van der Waals surface area contributed by atoms with Crippen LogP contribution in [-0.4, -0.2) is 68.3 Å². The molecule has 2 saturated heterocycles. The number of anilines is 1. The number of nitrogens with zero attached hydrogens (tertiary/aromatic N) is 2. The van der Waals surface area contributed by atoms with Crippen molar-refractivity contribution in [3.05, 3.63) is 59.7 Å². The minimum Gasteiger partial charge on any atom is -0.379 e. The summed E-state index contributed by atoms with van der Waals surface area (Å²) in [4.78, 5) is 39.4. The van der Waals surface area contributed by atoms with Gasteiger partial charge in [0.25, 0.3) is 5.91 Å². The molecule has 2 N–H and O–H groups in total. The fraction of sp³-hybridized carbons (Fsp3) is 0.348. The molecule has 4 amide bonds. The zero-order valence-electron chi connectivity index (χ0n) is 18.3. The second-order valence-corrected chi connectivity index (χ2v) is 10.4. The number of aryl methyl sites for hydroxylation is 1. The van der Waals surface area contributed by atoms with Gasteiger partial charge < -0.3 is 15.4 Å². The van der Waals surface area contributed by atoms with E-state index in [1.54, 1.807) is 0 Å². The number of ether oxygens (including phenoxy) is 1. The van der Waals surface area contributed by atoms with E-state index in [0.29, 0.717) is 44.8 Å². The maximum absolute atomic E-state index is 13.2. The highest BCUT2D eigenvalue weighted by Gasteiger charge is 2.55. The fourth-order valence-corrected chi connectivity index (χ4v) is 6.13. The lowest BCUT2D eigenvalue weighted by Gasteiger charge is -2.26. The van der Waals surface area contributed by atoms with Gasteiger partial charge in [-0.15, -0.1) is 0 Å². The molecular weight excluding hydrogens is 460 g/mol. The first-order valence-electron chi connectivity index (χ1n) is 11.0. The number of rotatable bonds is 5. The van der Waals surface area contributed by atoms with Crippen molar-refractivity contribution in [3.8, 4) is 0 Å². The molecule has 2 fully saturated rings. The Morgan fingerprint density at radius 1 is 1.06 bits per heavy atom. The second kappa shape index (κ2) is 8.49. The monoisotopic (exact) mass is 484 g/mol. The Morgan fingerprint density at radius 2 is 1.76 bits per heavy atom. The zero-order valence-corrected chi connectivity index (χ0v) is 19.1. The Hall–Kier alpha value is -3.28. The van der Waals surface area contributed by atoms with E-state index in [1.165, 1.54) is 28.6 Å². The van der Waals surface area contributed by atoms with E-state index in [1.807, 2.05) is 24.3 Å². The number of carbonyl (C=O) groups is 3. The van der Waals surface area contributed by atoms with Crippen LogP contribution in [0.25, 0.3) is 0 Å². The van der Waals surface area contributed by atoms with Crippen molar-refractivity contribution in [2.45, 2.75) is 23.3 Å². The van der Waals surface area contributed by atoms with Gasteiger partial charge in [0.2, 0.25) is 15.9 Å². The van der Waals surface area contributed by atoms with E-state index in [9.17, 15) is 22.8 Å². The largest absolute Gasteiger partial charge is 0.379 e. The SMILES string of the molecule is O=C(CN1C(=O)N[C@]2(CCc3ccccc32)C1=O)Nc1ccc(S(=O)(=O)N2CCOCC2)cc1. The average molecular weight is 485 g/mol. The van der Waals surface area contributed by atoms with Gasteiger partial charge in [0.15, 0.2) is 0 Å². The van der Waals surface area contributed by atoms with Gasteiger partial charge in [0.05, 0.1) is 18.1 Å². The Labute approximate surface area is 196 Å². The summed E-state index contributed by atoms with van der Waals surface area (Å²) in [6.45, 7) is 0.839. The minimum atomic E-state index is -3.64. The molecule has 1 aliphatic carbocycles. The van der Waals surface area contributed by atoms with Crippen LogP contribution in [0.4, 0.5) is 10.5 Å². The predicted molar refractivity (Wildman–Crippen MR) is 121 cm³/mol. The van der Waals surface area contributed by atoms with Crippen molar-refractivity contribution in [2.75, 3.05) is 38.2 Å². The van der Waals surface area contributed by atoms with Crippen molar-refractivity contribution >= 4 is 33.6 Å². The second-order valence-electron chi connectivity index (χ2n) is 8.47. The summed E-state index contributed by atoms with van der Waals surface area (Å²) in [6, 6.07) is 12.7. The molecule has 0 saturated carbocycles. The van der Waals surface area contributed by atoms with Crippen molar-refractivity contribution in [3.63, 3.8) is 0 Å². The van der Waals surface area contributed by atoms with Gasteiger partial charge in [-0.25, -0.2) is 13.2 Å². The third-order valence-electron chi connectivity index (χ3n) is 6.47. The fourth-order valence-electron chi connectivity index (χ4n) is 4.72. The lowest BCUT2D eigenvalue weighted by atomic mass is 9.92. The van der Waals surface area contributed by atoms with Gasteiger partial charge in [0.1, 0.15) is 12.1 Å². The topological polar surface area (TPSA) is 125 Å². The first-order valence-corrected chi connectivity index (χ1v) is 12.5. The molecular formula is C23H24N4O6S. The number of morpholine rings is 1. The molecule has 34 heavy (non-hydrogen) atoms. The lowest BCUT2D eigenvalue weighted by Crippen LogP contribution is -2.43. The molecule has 2 aromatic carbocycles. The van der Waals surface area contributed by atoms with Gasteiger partial charge in [-0.2, -0.15) is 4.31 Å². The quantitative estimate of drug-likeness (QED) is 0.611. The van der Waals surface area contributed by atoms with E-state index in [2.05, 4.69) is 10.6 Å². The highest BCUT2D eigenvalue weighted by atomic mass is 32.2. The molecule has 2 aromatic rings. The van der Waals surface area contributed by atoms with Crippen molar-refractivity contribution in [1.29, 1.82) is 0 Å².